The second-order valence-corrected chi connectivity index (χ2v) is 11.3. The number of fused-ring (bicyclic) bond motifs is 1. The average Bonchev–Trinajstić information content (AvgIpc) is 3.24. The van der Waals surface area contributed by atoms with Crippen LogP contribution in [0.3, 0.4) is 0 Å². The maximum Gasteiger partial charge on any atom is 0.264 e. The number of anilines is 2. The number of rotatable bonds is 11. The van der Waals surface area contributed by atoms with Crippen molar-refractivity contribution in [1.82, 2.24) is 4.90 Å². The molecule has 2 aliphatic heterocycles. The fourth-order valence-corrected chi connectivity index (χ4v) is 5.96. The minimum Gasteiger partial charge on any atom is -0.395 e. The lowest BCUT2D eigenvalue weighted by Gasteiger charge is -2.30. The van der Waals surface area contributed by atoms with Gasteiger partial charge in [0.25, 0.3) is 5.91 Å². The molecule has 0 saturated carbocycles. The third-order valence-electron chi connectivity index (χ3n) is 8.39. The number of carbonyl (C=O) groups excluding carboxylic acids is 3. The van der Waals surface area contributed by atoms with E-state index in [2.05, 4.69) is 0 Å². The van der Waals surface area contributed by atoms with Crippen LogP contribution in [0.25, 0.3) is 0 Å². The zero-order chi connectivity index (χ0) is 30.4. The Hall–Kier alpha value is -4.27. The van der Waals surface area contributed by atoms with Gasteiger partial charge in [0, 0.05) is 49.6 Å². The van der Waals surface area contributed by atoms with E-state index in [9.17, 15) is 24.6 Å². The summed E-state index contributed by atoms with van der Waals surface area (Å²) in [5, 5.41) is 21.7. The van der Waals surface area contributed by atoms with Crippen molar-refractivity contribution in [2.45, 2.75) is 51.3 Å². The smallest absolute Gasteiger partial charge is 0.264 e. The number of amides is 3. The highest BCUT2D eigenvalue weighted by molar-refractivity contribution is 6.08. The van der Waals surface area contributed by atoms with Gasteiger partial charge in [0.1, 0.15) is 0 Å². The number of benzene rings is 3. The Bertz CT molecular complexity index is 1480. The first kappa shape index (κ1) is 30.2. The first-order chi connectivity index (χ1) is 20.8. The molecule has 224 valence electrons. The van der Waals surface area contributed by atoms with Crippen molar-refractivity contribution in [2.75, 3.05) is 29.5 Å². The van der Waals surface area contributed by atoms with Crippen molar-refractivity contribution in [3.05, 3.63) is 108 Å². The fourth-order valence-electron chi connectivity index (χ4n) is 5.96. The quantitative estimate of drug-likeness (QED) is 0.324. The third-order valence-corrected chi connectivity index (χ3v) is 8.39. The van der Waals surface area contributed by atoms with E-state index in [4.69, 9.17) is 0 Å². The molecule has 0 unspecified atom stereocenters. The Morgan fingerprint density at radius 1 is 1.00 bits per heavy atom. The summed E-state index contributed by atoms with van der Waals surface area (Å²) in [6.07, 6.45) is 5.69. The summed E-state index contributed by atoms with van der Waals surface area (Å²) in [5.74, 6) is -1.24. The molecule has 8 nitrogen and oxygen atoms in total. The van der Waals surface area contributed by atoms with Gasteiger partial charge in [0.05, 0.1) is 18.8 Å². The number of aliphatic hydroxyl groups is 2. The van der Waals surface area contributed by atoms with Gasteiger partial charge in [-0.1, -0.05) is 79.7 Å². The van der Waals surface area contributed by atoms with Crippen molar-refractivity contribution in [1.29, 1.82) is 0 Å². The lowest BCUT2D eigenvalue weighted by molar-refractivity contribution is -0.139. The number of carbonyl (C=O) groups is 3. The highest BCUT2D eigenvalue weighted by Gasteiger charge is 2.52. The summed E-state index contributed by atoms with van der Waals surface area (Å²) in [4.78, 5) is 44.7. The van der Waals surface area contributed by atoms with E-state index >= 15 is 0 Å². The molecule has 2 atom stereocenters. The Morgan fingerprint density at radius 3 is 2.37 bits per heavy atom. The van der Waals surface area contributed by atoms with E-state index in [1.54, 1.807) is 39.8 Å². The predicted molar refractivity (Wildman–Crippen MR) is 166 cm³/mol. The van der Waals surface area contributed by atoms with Crippen molar-refractivity contribution in [3.63, 3.8) is 0 Å². The average molecular weight is 582 g/mol. The molecule has 2 aliphatic rings. The van der Waals surface area contributed by atoms with E-state index in [1.807, 2.05) is 72.8 Å². The van der Waals surface area contributed by atoms with Crippen LogP contribution < -0.4 is 9.80 Å². The third kappa shape index (κ3) is 6.40. The van der Waals surface area contributed by atoms with Crippen LogP contribution in [0.5, 0.6) is 0 Å². The van der Waals surface area contributed by atoms with Crippen LogP contribution in [0.2, 0.25) is 0 Å². The normalized spacial score (nSPS) is 19.1. The van der Waals surface area contributed by atoms with Gasteiger partial charge in [-0.2, -0.15) is 0 Å². The molecule has 2 heterocycles. The minimum atomic E-state index is -1.88. The monoisotopic (exact) mass is 581 g/mol. The molecule has 3 aromatic rings. The summed E-state index contributed by atoms with van der Waals surface area (Å²) in [7, 11) is 0. The van der Waals surface area contributed by atoms with Gasteiger partial charge in [-0.3, -0.25) is 14.4 Å². The molecule has 8 heteroatoms. The van der Waals surface area contributed by atoms with Gasteiger partial charge in [-0.25, -0.2) is 0 Å². The number of nitrogens with zero attached hydrogens (tertiary/aromatic N) is 3. The van der Waals surface area contributed by atoms with E-state index in [0.29, 0.717) is 43.0 Å². The van der Waals surface area contributed by atoms with Crippen molar-refractivity contribution >= 4 is 29.1 Å². The van der Waals surface area contributed by atoms with Gasteiger partial charge in [0.2, 0.25) is 11.8 Å². The Kier molecular flexibility index (Phi) is 9.38. The van der Waals surface area contributed by atoms with Gasteiger partial charge >= 0.3 is 0 Å². The lowest BCUT2D eigenvalue weighted by Crippen LogP contribution is -2.44. The summed E-state index contributed by atoms with van der Waals surface area (Å²) in [6, 6.07) is 24.6. The van der Waals surface area contributed by atoms with Crippen molar-refractivity contribution in [3.8, 4) is 0 Å². The zero-order valence-corrected chi connectivity index (χ0v) is 24.6. The maximum absolute atomic E-state index is 14.0. The van der Waals surface area contributed by atoms with Crippen LogP contribution in [0.1, 0.15) is 49.3 Å². The van der Waals surface area contributed by atoms with Crippen LogP contribution in [0.15, 0.2) is 91.0 Å². The van der Waals surface area contributed by atoms with E-state index < -0.39 is 17.4 Å². The topological polar surface area (TPSA) is 101 Å². The molecule has 1 fully saturated rings. The summed E-state index contributed by atoms with van der Waals surface area (Å²) in [6.45, 7) is 3.10. The Morgan fingerprint density at radius 2 is 1.70 bits per heavy atom. The second-order valence-electron chi connectivity index (χ2n) is 11.3. The Balaban J connectivity index is 1.40. The molecule has 43 heavy (non-hydrogen) atoms. The molecule has 3 amide bonds. The summed E-state index contributed by atoms with van der Waals surface area (Å²) >= 11 is 0. The summed E-state index contributed by atoms with van der Waals surface area (Å²) < 4.78 is 0. The molecule has 0 aromatic heterocycles. The predicted octanol–water partition coefficient (Wildman–Crippen LogP) is 4.54. The highest BCUT2D eigenvalue weighted by atomic mass is 16.3. The van der Waals surface area contributed by atoms with E-state index in [0.717, 1.165) is 24.0 Å². The van der Waals surface area contributed by atoms with Crippen LogP contribution in [0, 0.1) is 5.92 Å². The maximum atomic E-state index is 14.0. The second kappa shape index (κ2) is 13.4. The summed E-state index contributed by atoms with van der Waals surface area (Å²) in [5.41, 5.74) is 1.75. The molecule has 2 N–H and O–H groups in total. The first-order valence-corrected chi connectivity index (χ1v) is 14.9. The molecule has 5 rings (SSSR count). The Labute approximate surface area is 252 Å². The van der Waals surface area contributed by atoms with Gasteiger partial charge in [-0.15, -0.1) is 0 Å². The molecule has 0 aliphatic carbocycles. The van der Waals surface area contributed by atoms with Crippen molar-refractivity contribution < 1.29 is 24.6 Å². The molecule has 0 bridgehead atoms. The number of piperidine rings is 1. The molecular formula is C35H39N3O5. The van der Waals surface area contributed by atoms with Gasteiger partial charge < -0.3 is 24.9 Å². The largest absolute Gasteiger partial charge is 0.395 e. The van der Waals surface area contributed by atoms with E-state index in [1.165, 1.54) is 0 Å². The molecular weight excluding hydrogens is 542 g/mol. The van der Waals surface area contributed by atoms with Crippen LogP contribution in [-0.4, -0.2) is 52.5 Å². The number of hydrogen-bond acceptors (Lipinski definition) is 5. The number of hydrogen-bond donors (Lipinski definition) is 2. The minimum absolute atomic E-state index is 0.0367. The van der Waals surface area contributed by atoms with Crippen LogP contribution >= 0.6 is 0 Å². The molecule has 1 saturated heterocycles. The standard InChI is InChI=1S/C35H39N3O5/c1-26(11-10-17-32(40)36(21-22-39)24-27-12-4-2-5-13-27)35(43)30-23-29(37-20-9-8-16-33(37)41)18-19-31(30)38(34(35)42)25-28-14-6-3-7-15-28/h2-7,10-15,18-19,23,26,39,43H,8-9,16-17,20-22,24-25H2,1H3/b11-10+/t26-,35+/m0/s1. The lowest BCUT2D eigenvalue weighted by atomic mass is 9.82. The van der Waals surface area contributed by atoms with Gasteiger partial charge in [-0.05, 0) is 42.2 Å². The molecule has 3 aromatic carbocycles. The van der Waals surface area contributed by atoms with Crippen molar-refractivity contribution in [2.24, 2.45) is 5.92 Å². The van der Waals surface area contributed by atoms with Gasteiger partial charge in [0.15, 0.2) is 5.60 Å². The zero-order valence-electron chi connectivity index (χ0n) is 24.6. The fraction of sp³-hybridized carbons (Fsp3) is 0.343. The van der Waals surface area contributed by atoms with Crippen LogP contribution in [0.4, 0.5) is 11.4 Å². The van der Waals surface area contributed by atoms with Crippen LogP contribution in [-0.2, 0) is 33.1 Å². The highest BCUT2D eigenvalue weighted by Crippen LogP contribution is 2.47. The van der Waals surface area contributed by atoms with E-state index in [-0.39, 0.29) is 31.4 Å². The number of aliphatic hydroxyl groups excluding tert-OH is 1. The first-order valence-electron chi connectivity index (χ1n) is 14.9. The molecule has 0 spiro atoms. The SMILES string of the molecule is C[C@@H](/C=C/CC(=O)N(CCO)Cc1ccccc1)[C@]1(O)C(=O)N(Cc2ccccc2)c2ccc(N3CCCCC3=O)cc21. The molecule has 0 radical (unpaired) electrons.